The summed E-state index contributed by atoms with van der Waals surface area (Å²) in [6.07, 6.45) is 5.69. The van der Waals surface area contributed by atoms with Crippen molar-refractivity contribution in [2.24, 2.45) is 16.8 Å². The van der Waals surface area contributed by atoms with E-state index in [9.17, 15) is 0 Å². The number of halogens is 1. The molecule has 1 aromatic carbocycles. The van der Waals surface area contributed by atoms with Gasteiger partial charge in [0.1, 0.15) is 0 Å². The maximum atomic E-state index is 6.16. The predicted octanol–water partition coefficient (Wildman–Crippen LogP) is 2.78. The van der Waals surface area contributed by atoms with Crippen LogP contribution in [0.2, 0.25) is 0 Å². The Bertz CT molecular complexity index is 724. The molecule has 5 nitrogen and oxygen atoms in total. The van der Waals surface area contributed by atoms with Crippen LogP contribution >= 0.6 is 24.0 Å². The first kappa shape index (κ1) is 21.4. The minimum absolute atomic E-state index is 0. The van der Waals surface area contributed by atoms with Crippen molar-refractivity contribution in [1.82, 2.24) is 15.1 Å². The Morgan fingerprint density at radius 1 is 1.14 bits per heavy atom. The molecule has 4 atom stereocenters. The van der Waals surface area contributed by atoms with E-state index in [1.807, 2.05) is 0 Å². The number of hydrogen-bond acceptors (Lipinski definition) is 3. The van der Waals surface area contributed by atoms with E-state index in [1.165, 1.54) is 24.0 Å². The van der Waals surface area contributed by atoms with Gasteiger partial charge in [0, 0.05) is 37.0 Å². The van der Waals surface area contributed by atoms with Crippen LogP contribution in [0, 0.1) is 11.8 Å². The summed E-state index contributed by atoms with van der Waals surface area (Å²) in [5, 5.41) is 3.58. The van der Waals surface area contributed by atoms with Crippen LogP contribution < -0.4 is 5.32 Å². The summed E-state index contributed by atoms with van der Waals surface area (Å²) in [5.74, 6) is 2.52. The van der Waals surface area contributed by atoms with Gasteiger partial charge in [0.05, 0.1) is 18.8 Å². The number of ether oxygens (including phenoxy) is 1. The standard InChI is InChI=1S/C23H34N4O.HI/c1-4-24-22(27-13-18-19(14-27)21-10-9-20(18)28-21)25-15-23(26(2)3)11-16-7-5-6-8-17(16)12-23;/h5-8,18-21H,4,9-15H2,1-3H3,(H,24,25);1H. The summed E-state index contributed by atoms with van der Waals surface area (Å²) in [6.45, 7) is 6.14. The number of hydrogen-bond donors (Lipinski definition) is 1. The minimum Gasteiger partial charge on any atom is -0.374 e. The van der Waals surface area contributed by atoms with Gasteiger partial charge in [-0.2, -0.15) is 0 Å². The topological polar surface area (TPSA) is 40.1 Å². The highest BCUT2D eigenvalue weighted by Crippen LogP contribution is 2.47. The van der Waals surface area contributed by atoms with E-state index in [4.69, 9.17) is 9.73 Å². The summed E-state index contributed by atoms with van der Waals surface area (Å²) in [7, 11) is 4.42. The van der Waals surface area contributed by atoms with Gasteiger partial charge in [-0.25, -0.2) is 0 Å². The summed E-state index contributed by atoms with van der Waals surface area (Å²) in [6, 6.07) is 8.90. The Morgan fingerprint density at radius 3 is 2.24 bits per heavy atom. The fourth-order valence-corrected chi connectivity index (χ4v) is 6.02. The monoisotopic (exact) mass is 510 g/mol. The zero-order valence-corrected chi connectivity index (χ0v) is 20.3. The second kappa shape index (κ2) is 8.35. The van der Waals surface area contributed by atoms with Crippen LogP contribution in [0.25, 0.3) is 0 Å². The summed E-state index contributed by atoms with van der Waals surface area (Å²) in [4.78, 5) is 10.1. The van der Waals surface area contributed by atoms with Crippen molar-refractivity contribution in [3.8, 4) is 0 Å². The van der Waals surface area contributed by atoms with Crippen LogP contribution in [0.5, 0.6) is 0 Å². The fraction of sp³-hybridized carbons (Fsp3) is 0.696. The molecule has 0 amide bonds. The molecule has 5 rings (SSSR count). The highest BCUT2D eigenvalue weighted by atomic mass is 127. The summed E-state index contributed by atoms with van der Waals surface area (Å²) >= 11 is 0. The Balaban J connectivity index is 0.00000205. The normalized spacial score (nSPS) is 31.7. The second-order valence-corrected chi connectivity index (χ2v) is 9.43. The average Bonchev–Trinajstić information content (AvgIpc) is 3.45. The number of rotatable bonds is 4. The number of nitrogens with zero attached hydrogens (tertiary/aromatic N) is 3. The smallest absolute Gasteiger partial charge is 0.194 e. The Hall–Kier alpha value is -0.860. The molecule has 4 unspecified atom stereocenters. The van der Waals surface area contributed by atoms with Gasteiger partial charge in [0.25, 0.3) is 0 Å². The number of fused-ring (bicyclic) bond motifs is 6. The quantitative estimate of drug-likeness (QED) is 0.385. The van der Waals surface area contributed by atoms with Crippen molar-refractivity contribution in [3.63, 3.8) is 0 Å². The van der Waals surface area contributed by atoms with Crippen molar-refractivity contribution >= 4 is 29.9 Å². The first-order valence-electron chi connectivity index (χ1n) is 11.0. The van der Waals surface area contributed by atoms with Crippen molar-refractivity contribution < 1.29 is 4.74 Å². The third kappa shape index (κ3) is 3.69. The van der Waals surface area contributed by atoms with E-state index >= 15 is 0 Å². The number of aliphatic imine (C=N–C) groups is 1. The average molecular weight is 510 g/mol. The molecule has 3 fully saturated rings. The van der Waals surface area contributed by atoms with Crippen LogP contribution in [0.15, 0.2) is 29.3 Å². The molecule has 3 saturated heterocycles. The lowest BCUT2D eigenvalue weighted by Crippen LogP contribution is -2.49. The zero-order valence-electron chi connectivity index (χ0n) is 17.9. The van der Waals surface area contributed by atoms with Crippen LogP contribution in [0.1, 0.15) is 30.9 Å². The van der Waals surface area contributed by atoms with Gasteiger partial charge in [-0.1, -0.05) is 24.3 Å². The molecule has 0 radical (unpaired) electrons. The van der Waals surface area contributed by atoms with Crippen molar-refractivity contribution in [2.45, 2.75) is 50.4 Å². The molecule has 160 valence electrons. The number of benzene rings is 1. The van der Waals surface area contributed by atoms with Crippen LogP contribution in [-0.2, 0) is 17.6 Å². The van der Waals surface area contributed by atoms with Gasteiger partial charge < -0.3 is 19.9 Å². The number of likely N-dealkylation sites (N-methyl/N-ethyl adjacent to an activating group) is 1. The molecule has 1 aliphatic carbocycles. The molecule has 0 spiro atoms. The Morgan fingerprint density at radius 2 is 1.72 bits per heavy atom. The molecule has 6 heteroatoms. The van der Waals surface area contributed by atoms with Gasteiger partial charge in [-0.05, 0) is 57.8 Å². The Labute approximate surface area is 192 Å². The van der Waals surface area contributed by atoms with Crippen LogP contribution in [0.3, 0.4) is 0 Å². The lowest BCUT2D eigenvalue weighted by atomic mass is 9.82. The highest BCUT2D eigenvalue weighted by Gasteiger charge is 2.53. The van der Waals surface area contributed by atoms with E-state index in [-0.39, 0.29) is 29.5 Å². The zero-order chi connectivity index (χ0) is 19.3. The Kier molecular flexibility index (Phi) is 6.15. The maximum absolute atomic E-state index is 6.16. The molecular formula is C23H35IN4O. The number of nitrogens with one attached hydrogen (secondary N) is 1. The molecular weight excluding hydrogens is 475 g/mol. The molecule has 0 saturated carbocycles. The van der Waals surface area contributed by atoms with Crippen molar-refractivity contribution in [1.29, 1.82) is 0 Å². The van der Waals surface area contributed by atoms with E-state index < -0.39 is 0 Å². The largest absolute Gasteiger partial charge is 0.374 e. The molecule has 3 heterocycles. The van der Waals surface area contributed by atoms with Gasteiger partial charge in [0.15, 0.2) is 5.96 Å². The molecule has 1 N–H and O–H groups in total. The molecule has 29 heavy (non-hydrogen) atoms. The first-order valence-corrected chi connectivity index (χ1v) is 11.0. The molecule has 1 aromatic rings. The predicted molar refractivity (Wildman–Crippen MR) is 128 cm³/mol. The number of likely N-dealkylation sites (tertiary alicyclic amines) is 1. The molecule has 0 aromatic heterocycles. The molecule has 4 aliphatic rings. The van der Waals surface area contributed by atoms with Crippen LogP contribution in [-0.4, -0.2) is 73.8 Å². The van der Waals surface area contributed by atoms with Gasteiger partial charge >= 0.3 is 0 Å². The second-order valence-electron chi connectivity index (χ2n) is 9.43. The molecule has 2 bridgehead atoms. The SMILES string of the molecule is CCNC(=NCC1(N(C)C)Cc2ccccc2C1)N1CC2C3CCC(O3)C2C1.I. The third-order valence-corrected chi connectivity index (χ3v) is 7.72. The molecule has 3 aliphatic heterocycles. The van der Waals surface area contributed by atoms with E-state index in [0.717, 1.165) is 45.0 Å². The fourth-order valence-electron chi connectivity index (χ4n) is 6.02. The lowest BCUT2D eigenvalue weighted by molar-refractivity contribution is 0.0766. The van der Waals surface area contributed by atoms with E-state index in [0.29, 0.717) is 24.0 Å². The third-order valence-electron chi connectivity index (χ3n) is 7.72. The minimum atomic E-state index is 0. The maximum Gasteiger partial charge on any atom is 0.194 e. The lowest BCUT2D eigenvalue weighted by Gasteiger charge is -2.35. The number of guanidine groups is 1. The first-order chi connectivity index (χ1) is 13.6. The van der Waals surface area contributed by atoms with E-state index in [1.54, 1.807) is 0 Å². The van der Waals surface area contributed by atoms with Gasteiger partial charge in [-0.15, -0.1) is 24.0 Å². The van der Waals surface area contributed by atoms with Crippen LogP contribution in [0.4, 0.5) is 0 Å². The summed E-state index contributed by atoms with van der Waals surface area (Å²) < 4.78 is 6.16. The van der Waals surface area contributed by atoms with E-state index in [2.05, 4.69) is 60.4 Å². The van der Waals surface area contributed by atoms with Crippen molar-refractivity contribution in [3.05, 3.63) is 35.4 Å². The van der Waals surface area contributed by atoms with Gasteiger partial charge in [0.2, 0.25) is 0 Å². The summed E-state index contributed by atoms with van der Waals surface area (Å²) in [5.41, 5.74) is 3.06. The highest BCUT2D eigenvalue weighted by molar-refractivity contribution is 14.0. The van der Waals surface area contributed by atoms with Crippen molar-refractivity contribution in [2.75, 3.05) is 40.3 Å². The van der Waals surface area contributed by atoms with Gasteiger partial charge in [-0.3, -0.25) is 4.99 Å².